The fourth-order valence-electron chi connectivity index (χ4n) is 1.30. The summed E-state index contributed by atoms with van der Waals surface area (Å²) in [4.78, 5) is 17.3. The van der Waals surface area contributed by atoms with E-state index < -0.39 is 18.8 Å². The first kappa shape index (κ1) is 12.8. The van der Waals surface area contributed by atoms with Crippen molar-refractivity contribution in [2.24, 2.45) is 0 Å². The third-order valence-electron chi connectivity index (χ3n) is 2.15. The maximum atomic E-state index is 13.5. The zero-order chi connectivity index (χ0) is 12.8. The second-order valence-corrected chi connectivity index (χ2v) is 5.77. The predicted molar refractivity (Wildman–Crippen MR) is 56.2 cm³/mol. The maximum Gasteiger partial charge on any atom is 0.399 e. The van der Waals surface area contributed by atoms with Gasteiger partial charge >= 0.3 is 13.3 Å². The molecule has 1 aromatic rings. The number of alkyl halides is 2. The zero-order valence-electron chi connectivity index (χ0n) is 8.06. The van der Waals surface area contributed by atoms with Gasteiger partial charge in [-0.15, -0.1) is 0 Å². The molecule has 1 heterocycles. The average Bonchev–Trinajstić information content (AvgIpc) is 2.61. The minimum Gasteiger partial charge on any atom is -0.454 e. The second-order valence-electron chi connectivity index (χ2n) is 3.27. The minimum absolute atomic E-state index is 0.0244. The van der Waals surface area contributed by atoms with E-state index in [1.54, 1.807) is 0 Å². The lowest BCUT2D eigenvalue weighted by Crippen LogP contribution is -2.14. The van der Waals surface area contributed by atoms with Crippen molar-refractivity contribution >= 4 is 23.5 Å². The molecule has 9 heteroatoms. The van der Waals surface area contributed by atoms with Crippen molar-refractivity contribution in [2.45, 2.75) is 5.66 Å². The van der Waals surface area contributed by atoms with Crippen molar-refractivity contribution in [3.8, 4) is 11.5 Å². The second kappa shape index (κ2) is 3.91. The molecule has 1 aromatic carbocycles. The molecule has 5 nitrogen and oxygen atoms in total. The molecule has 0 fully saturated rings. The van der Waals surface area contributed by atoms with Gasteiger partial charge in [0.1, 0.15) is 0 Å². The Labute approximate surface area is 103 Å². The SMILES string of the molecule is O=P(O)(O)C(F)(F)c1cc2c(cc1Br)OCO2. The fraction of sp³-hybridized carbons (Fsp3) is 0.250. The minimum atomic E-state index is -5.60. The molecule has 2 N–H and O–H groups in total. The van der Waals surface area contributed by atoms with E-state index in [1.807, 2.05) is 0 Å². The first-order valence-corrected chi connectivity index (χ1v) is 6.67. The largest absolute Gasteiger partial charge is 0.454 e. The number of ether oxygens (including phenoxy) is 2. The molecule has 0 radical (unpaired) electrons. The molecule has 0 spiro atoms. The van der Waals surface area contributed by atoms with E-state index in [-0.39, 0.29) is 22.8 Å². The Morgan fingerprint density at radius 1 is 1.29 bits per heavy atom. The van der Waals surface area contributed by atoms with Crippen LogP contribution in [0.5, 0.6) is 11.5 Å². The number of hydrogen-bond acceptors (Lipinski definition) is 3. The lowest BCUT2D eigenvalue weighted by atomic mass is 10.2. The van der Waals surface area contributed by atoms with Gasteiger partial charge in [-0.05, 0) is 12.1 Å². The van der Waals surface area contributed by atoms with Gasteiger partial charge in [-0.3, -0.25) is 4.57 Å². The Kier molecular flexibility index (Phi) is 2.94. The van der Waals surface area contributed by atoms with Crippen molar-refractivity contribution in [1.29, 1.82) is 0 Å². The van der Waals surface area contributed by atoms with Crippen LogP contribution in [0, 0.1) is 0 Å². The molecule has 0 aliphatic carbocycles. The van der Waals surface area contributed by atoms with Crippen LogP contribution in [0.4, 0.5) is 8.78 Å². The van der Waals surface area contributed by atoms with E-state index in [0.717, 1.165) is 6.07 Å². The van der Waals surface area contributed by atoms with E-state index in [0.29, 0.717) is 0 Å². The molecule has 0 saturated heterocycles. The van der Waals surface area contributed by atoms with Gasteiger partial charge in [0.05, 0.1) is 5.56 Å². The third kappa shape index (κ3) is 2.06. The van der Waals surface area contributed by atoms with Crippen LogP contribution in [-0.2, 0) is 10.2 Å². The van der Waals surface area contributed by atoms with E-state index in [2.05, 4.69) is 15.9 Å². The molecule has 1 aliphatic rings. The van der Waals surface area contributed by atoms with Crippen molar-refractivity contribution in [1.82, 2.24) is 0 Å². The van der Waals surface area contributed by atoms with Crippen molar-refractivity contribution in [2.75, 3.05) is 6.79 Å². The normalized spacial score (nSPS) is 15.1. The van der Waals surface area contributed by atoms with Crippen LogP contribution in [0.1, 0.15) is 5.56 Å². The van der Waals surface area contributed by atoms with Crippen LogP contribution < -0.4 is 9.47 Å². The monoisotopic (exact) mass is 330 g/mol. The maximum absolute atomic E-state index is 13.5. The van der Waals surface area contributed by atoms with Gasteiger partial charge in [0.25, 0.3) is 0 Å². The standard InChI is InChI=1S/C8H6BrF2O5P/c9-5-2-7-6(15-3-16-7)1-4(5)8(10,11)17(12,13)14/h1-2H,3H2,(H2,12,13,14). The van der Waals surface area contributed by atoms with E-state index in [1.165, 1.54) is 6.07 Å². The molecule has 2 rings (SSSR count). The Morgan fingerprint density at radius 3 is 2.35 bits per heavy atom. The van der Waals surface area contributed by atoms with Gasteiger partial charge in [0.15, 0.2) is 11.5 Å². The summed E-state index contributed by atoms with van der Waals surface area (Å²) in [6.45, 7) is -0.118. The number of hydrogen-bond donors (Lipinski definition) is 2. The van der Waals surface area contributed by atoms with Crippen LogP contribution in [0.25, 0.3) is 0 Å². The number of rotatable bonds is 2. The van der Waals surface area contributed by atoms with Gasteiger partial charge in [-0.1, -0.05) is 15.9 Å². The summed E-state index contributed by atoms with van der Waals surface area (Å²) in [6.07, 6.45) is 0. The summed E-state index contributed by atoms with van der Waals surface area (Å²) in [5.74, 6) is 0.262. The molecular weight excluding hydrogens is 325 g/mol. The smallest absolute Gasteiger partial charge is 0.399 e. The quantitative estimate of drug-likeness (QED) is 0.814. The zero-order valence-corrected chi connectivity index (χ0v) is 10.5. The fourth-order valence-corrected chi connectivity index (χ4v) is 2.53. The van der Waals surface area contributed by atoms with E-state index >= 15 is 0 Å². The molecule has 0 saturated carbocycles. The van der Waals surface area contributed by atoms with Gasteiger partial charge in [-0.2, -0.15) is 8.78 Å². The van der Waals surface area contributed by atoms with Gasteiger partial charge in [-0.25, -0.2) is 0 Å². The molecule has 0 atom stereocenters. The first-order chi connectivity index (χ1) is 7.73. The molecule has 0 amide bonds. The summed E-state index contributed by atoms with van der Waals surface area (Å²) < 4.78 is 47.4. The Balaban J connectivity index is 2.57. The van der Waals surface area contributed by atoms with Crippen molar-refractivity contribution in [3.63, 3.8) is 0 Å². The summed E-state index contributed by atoms with van der Waals surface area (Å²) in [5, 5.41) is 0. The summed E-state index contributed by atoms with van der Waals surface area (Å²) in [5.41, 5.74) is -5.12. The number of halogens is 3. The van der Waals surface area contributed by atoms with Crippen LogP contribution in [0.15, 0.2) is 16.6 Å². The van der Waals surface area contributed by atoms with E-state index in [4.69, 9.17) is 19.3 Å². The Bertz CT molecular complexity index is 515. The van der Waals surface area contributed by atoms with Gasteiger partial charge < -0.3 is 19.3 Å². The Hall–Kier alpha value is -0.690. The summed E-state index contributed by atoms with van der Waals surface area (Å²) in [6, 6.07) is 2.03. The predicted octanol–water partition coefficient (Wildman–Crippen LogP) is 2.40. The van der Waals surface area contributed by atoms with Gasteiger partial charge in [0, 0.05) is 4.47 Å². The van der Waals surface area contributed by atoms with Crippen LogP contribution >= 0.6 is 23.5 Å². The Morgan fingerprint density at radius 2 is 1.82 bits per heavy atom. The topological polar surface area (TPSA) is 76.0 Å². The third-order valence-corrected chi connectivity index (χ3v) is 3.78. The molecule has 94 valence electrons. The highest BCUT2D eigenvalue weighted by atomic mass is 79.9. The molecule has 17 heavy (non-hydrogen) atoms. The highest BCUT2D eigenvalue weighted by Crippen LogP contribution is 2.61. The van der Waals surface area contributed by atoms with Crippen LogP contribution in [-0.4, -0.2) is 16.6 Å². The molecule has 1 aliphatic heterocycles. The summed E-state index contributed by atoms with van der Waals surface area (Å²) >= 11 is 2.82. The van der Waals surface area contributed by atoms with Crippen LogP contribution in [0.2, 0.25) is 0 Å². The summed E-state index contributed by atoms with van der Waals surface area (Å²) in [7, 11) is -5.60. The molecule has 0 aromatic heterocycles. The lowest BCUT2D eigenvalue weighted by molar-refractivity contribution is 0.0555. The highest BCUT2D eigenvalue weighted by molar-refractivity contribution is 9.10. The number of fused-ring (bicyclic) bond motifs is 1. The average molecular weight is 331 g/mol. The first-order valence-electron chi connectivity index (χ1n) is 4.26. The van der Waals surface area contributed by atoms with E-state index in [9.17, 15) is 13.3 Å². The van der Waals surface area contributed by atoms with Crippen molar-refractivity contribution in [3.05, 3.63) is 22.2 Å². The molecule has 0 unspecified atom stereocenters. The van der Waals surface area contributed by atoms with Crippen molar-refractivity contribution < 1.29 is 32.6 Å². The van der Waals surface area contributed by atoms with Crippen LogP contribution in [0.3, 0.4) is 0 Å². The number of benzene rings is 1. The molecular formula is C8H6BrF2O5P. The van der Waals surface area contributed by atoms with Gasteiger partial charge in [0.2, 0.25) is 6.79 Å². The lowest BCUT2D eigenvalue weighted by Gasteiger charge is -2.19. The highest BCUT2D eigenvalue weighted by Gasteiger charge is 2.52. The molecule has 0 bridgehead atoms.